The van der Waals surface area contributed by atoms with E-state index < -0.39 is 0 Å². The van der Waals surface area contributed by atoms with Crippen LogP contribution in [0.25, 0.3) is 10.6 Å². The molecule has 3 rings (SSSR count). The Morgan fingerprint density at radius 3 is 2.50 bits per heavy atom. The molecule has 5 heteroatoms. The molecule has 3 nitrogen and oxygen atoms in total. The molecule has 0 atom stereocenters. The summed E-state index contributed by atoms with van der Waals surface area (Å²) >= 11 is 3.23. The third kappa shape index (κ3) is 4.10. The average molecular weight is 357 g/mol. The van der Waals surface area contributed by atoms with E-state index in [-0.39, 0.29) is 11.3 Å². The van der Waals surface area contributed by atoms with Crippen LogP contribution in [0.1, 0.15) is 32.0 Å². The molecule has 0 unspecified atom stereocenters. The number of benzene rings is 1. The fourth-order valence-electron chi connectivity index (χ4n) is 2.33. The minimum Gasteiger partial charge on any atom is -0.326 e. The number of hydrogen-bond acceptors (Lipinski definition) is 4. The van der Waals surface area contributed by atoms with E-state index in [1.807, 2.05) is 29.0 Å². The first-order valence-corrected chi connectivity index (χ1v) is 9.61. The van der Waals surface area contributed by atoms with Gasteiger partial charge in [0.2, 0.25) is 5.91 Å². The summed E-state index contributed by atoms with van der Waals surface area (Å²) < 4.78 is 0. The van der Waals surface area contributed by atoms with Gasteiger partial charge in [0.1, 0.15) is 5.01 Å². The van der Waals surface area contributed by atoms with Gasteiger partial charge < -0.3 is 5.32 Å². The van der Waals surface area contributed by atoms with Crippen LogP contribution in [0.4, 0.5) is 5.69 Å². The zero-order valence-corrected chi connectivity index (χ0v) is 15.6. The number of nitrogens with one attached hydrogen (secondary N) is 1. The molecule has 1 amide bonds. The first-order chi connectivity index (χ1) is 11.4. The zero-order chi connectivity index (χ0) is 17.2. The standard InChI is InChI=1S/C19H20N2OS2/c1-19(2,3)14-4-6-15(7-5-14)20-17(22)10-16-12-24-18(21-16)13-8-9-23-11-13/h4-9,11-12H,10H2,1-3H3,(H,20,22). The smallest absolute Gasteiger partial charge is 0.230 e. The van der Waals surface area contributed by atoms with Gasteiger partial charge in [-0.2, -0.15) is 11.3 Å². The number of thiophene rings is 1. The van der Waals surface area contributed by atoms with E-state index in [1.165, 1.54) is 5.56 Å². The van der Waals surface area contributed by atoms with Crippen molar-refractivity contribution in [3.05, 3.63) is 57.7 Å². The van der Waals surface area contributed by atoms with E-state index in [9.17, 15) is 4.79 Å². The minimum absolute atomic E-state index is 0.0410. The van der Waals surface area contributed by atoms with Gasteiger partial charge in [0.15, 0.2) is 0 Å². The SMILES string of the molecule is CC(C)(C)c1ccc(NC(=O)Cc2csc(-c3ccsc3)n2)cc1. The Labute approximate surface area is 150 Å². The number of aromatic nitrogens is 1. The van der Waals surface area contributed by atoms with Crippen molar-refractivity contribution in [2.24, 2.45) is 0 Å². The minimum atomic E-state index is -0.0410. The van der Waals surface area contributed by atoms with Crippen molar-refractivity contribution >= 4 is 34.3 Å². The molecule has 3 aromatic rings. The molecule has 2 heterocycles. The molecule has 1 aromatic carbocycles. The van der Waals surface area contributed by atoms with Crippen LogP contribution in [0, 0.1) is 0 Å². The van der Waals surface area contributed by atoms with Crippen LogP contribution >= 0.6 is 22.7 Å². The number of carbonyl (C=O) groups is 1. The lowest BCUT2D eigenvalue weighted by atomic mass is 9.87. The summed E-state index contributed by atoms with van der Waals surface area (Å²) in [6, 6.07) is 10.1. The highest BCUT2D eigenvalue weighted by Gasteiger charge is 2.14. The van der Waals surface area contributed by atoms with Gasteiger partial charge in [-0.15, -0.1) is 11.3 Å². The molecule has 0 aliphatic carbocycles. The van der Waals surface area contributed by atoms with Crippen molar-refractivity contribution in [1.29, 1.82) is 0 Å². The number of carbonyl (C=O) groups excluding carboxylic acids is 1. The van der Waals surface area contributed by atoms with Crippen molar-refractivity contribution in [2.75, 3.05) is 5.32 Å². The van der Waals surface area contributed by atoms with Crippen LogP contribution < -0.4 is 5.32 Å². The number of hydrogen-bond donors (Lipinski definition) is 1. The number of anilines is 1. The van der Waals surface area contributed by atoms with Gasteiger partial charge in [0, 0.05) is 22.0 Å². The lowest BCUT2D eigenvalue weighted by Gasteiger charge is -2.19. The van der Waals surface area contributed by atoms with Crippen LogP contribution in [0.2, 0.25) is 0 Å². The third-order valence-electron chi connectivity index (χ3n) is 3.70. The van der Waals surface area contributed by atoms with Gasteiger partial charge in [-0.05, 0) is 34.6 Å². The van der Waals surface area contributed by atoms with Crippen LogP contribution in [-0.4, -0.2) is 10.9 Å². The van der Waals surface area contributed by atoms with Gasteiger partial charge in [-0.3, -0.25) is 4.79 Å². The van der Waals surface area contributed by atoms with E-state index in [1.54, 1.807) is 22.7 Å². The Morgan fingerprint density at radius 2 is 1.88 bits per heavy atom. The monoisotopic (exact) mass is 356 g/mol. The molecule has 0 radical (unpaired) electrons. The van der Waals surface area contributed by atoms with E-state index >= 15 is 0 Å². The molecule has 0 aliphatic rings. The topological polar surface area (TPSA) is 42.0 Å². The number of rotatable bonds is 4. The maximum atomic E-state index is 12.2. The van der Waals surface area contributed by atoms with Gasteiger partial charge in [0.05, 0.1) is 12.1 Å². The van der Waals surface area contributed by atoms with Crippen molar-refractivity contribution in [2.45, 2.75) is 32.6 Å². The highest BCUT2D eigenvalue weighted by molar-refractivity contribution is 7.14. The van der Waals surface area contributed by atoms with Gasteiger partial charge >= 0.3 is 0 Å². The fraction of sp³-hybridized carbons (Fsp3) is 0.263. The highest BCUT2D eigenvalue weighted by Crippen LogP contribution is 2.26. The third-order valence-corrected chi connectivity index (χ3v) is 5.32. The number of nitrogens with zero attached hydrogens (tertiary/aromatic N) is 1. The molecule has 0 bridgehead atoms. The van der Waals surface area contributed by atoms with Crippen molar-refractivity contribution in [1.82, 2.24) is 4.98 Å². The summed E-state index contributed by atoms with van der Waals surface area (Å²) in [4.78, 5) is 16.8. The summed E-state index contributed by atoms with van der Waals surface area (Å²) in [6.07, 6.45) is 0.293. The van der Waals surface area contributed by atoms with Crippen molar-refractivity contribution < 1.29 is 4.79 Å². The van der Waals surface area contributed by atoms with Crippen LogP contribution in [0.5, 0.6) is 0 Å². The molecule has 0 saturated carbocycles. The molecule has 124 valence electrons. The van der Waals surface area contributed by atoms with Crippen LogP contribution in [0.3, 0.4) is 0 Å². The Kier molecular flexibility index (Phi) is 4.83. The number of thiazole rings is 1. The molecule has 24 heavy (non-hydrogen) atoms. The Morgan fingerprint density at radius 1 is 1.12 bits per heavy atom. The summed E-state index contributed by atoms with van der Waals surface area (Å²) in [5, 5.41) is 9.96. The van der Waals surface area contributed by atoms with Gasteiger partial charge in [-0.1, -0.05) is 32.9 Å². The predicted octanol–water partition coefficient (Wildman–Crippen LogP) is 5.35. The zero-order valence-electron chi connectivity index (χ0n) is 14.0. The normalized spacial score (nSPS) is 11.5. The van der Waals surface area contributed by atoms with E-state index in [2.05, 4.69) is 48.6 Å². The quantitative estimate of drug-likeness (QED) is 0.684. The highest BCUT2D eigenvalue weighted by atomic mass is 32.1. The summed E-state index contributed by atoms with van der Waals surface area (Å²) in [7, 11) is 0. The van der Waals surface area contributed by atoms with Crippen LogP contribution in [-0.2, 0) is 16.6 Å². The molecular weight excluding hydrogens is 336 g/mol. The fourth-order valence-corrected chi connectivity index (χ4v) is 3.86. The first-order valence-electron chi connectivity index (χ1n) is 7.79. The molecule has 0 fully saturated rings. The van der Waals surface area contributed by atoms with E-state index in [0.717, 1.165) is 22.0 Å². The second-order valence-corrected chi connectivity index (χ2v) is 8.35. The van der Waals surface area contributed by atoms with Crippen molar-refractivity contribution in [3.8, 4) is 10.6 Å². The Hall–Kier alpha value is -1.98. The lowest BCUT2D eigenvalue weighted by Crippen LogP contribution is -2.15. The predicted molar refractivity (Wildman–Crippen MR) is 103 cm³/mol. The molecular formula is C19H20N2OS2. The first kappa shape index (κ1) is 16.9. The average Bonchev–Trinajstić information content (AvgIpc) is 3.17. The van der Waals surface area contributed by atoms with E-state index in [0.29, 0.717) is 6.42 Å². The molecule has 2 aromatic heterocycles. The maximum absolute atomic E-state index is 12.2. The van der Waals surface area contributed by atoms with Crippen LogP contribution in [0.15, 0.2) is 46.5 Å². The summed E-state index contributed by atoms with van der Waals surface area (Å²) in [6.45, 7) is 6.52. The van der Waals surface area contributed by atoms with E-state index in [4.69, 9.17) is 0 Å². The summed E-state index contributed by atoms with van der Waals surface area (Å²) in [5.41, 5.74) is 4.11. The Bertz CT molecular complexity index is 812. The summed E-state index contributed by atoms with van der Waals surface area (Å²) in [5.74, 6) is -0.0410. The molecule has 0 aliphatic heterocycles. The second kappa shape index (κ2) is 6.87. The van der Waals surface area contributed by atoms with Gasteiger partial charge in [0.25, 0.3) is 0 Å². The molecule has 0 spiro atoms. The van der Waals surface area contributed by atoms with Gasteiger partial charge in [-0.25, -0.2) is 4.98 Å². The number of amides is 1. The largest absolute Gasteiger partial charge is 0.326 e. The maximum Gasteiger partial charge on any atom is 0.230 e. The molecule has 1 N–H and O–H groups in total. The Balaban J connectivity index is 1.62. The van der Waals surface area contributed by atoms with Crippen molar-refractivity contribution in [3.63, 3.8) is 0 Å². The molecule has 0 saturated heterocycles. The lowest BCUT2D eigenvalue weighted by molar-refractivity contribution is -0.115. The second-order valence-electron chi connectivity index (χ2n) is 6.71.